The standard InChI is InChI=1S/C9H15NO3/c1-6-8(11)4-2-7(10-6)3-5-9(12)13/h4,6-7,10-11H,2-3,5H2,1H3,(H,12,13). The summed E-state index contributed by atoms with van der Waals surface area (Å²) < 4.78 is 0. The van der Waals surface area contributed by atoms with Gasteiger partial charge in [0.05, 0.1) is 6.04 Å². The third-order valence-electron chi connectivity index (χ3n) is 2.25. The molecule has 0 radical (unpaired) electrons. The maximum Gasteiger partial charge on any atom is 0.303 e. The van der Waals surface area contributed by atoms with Crippen LogP contribution in [0, 0.1) is 0 Å². The maximum atomic E-state index is 10.3. The van der Waals surface area contributed by atoms with Gasteiger partial charge >= 0.3 is 5.97 Å². The minimum Gasteiger partial charge on any atom is -0.511 e. The van der Waals surface area contributed by atoms with Crippen LogP contribution in [0.3, 0.4) is 0 Å². The summed E-state index contributed by atoms with van der Waals surface area (Å²) in [5, 5.41) is 20.9. The molecule has 4 heteroatoms. The van der Waals surface area contributed by atoms with Crippen molar-refractivity contribution in [2.75, 3.05) is 0 Å². The molecule has 1 rings (SSSR count). The predicted molar refractivity (Wildman–Crippen MR) is 48.6 cm³/mol. The summed E-state index contributed by atoms with van der Waals surface area (Å²) in [5.41, 5.74) is 0. The first kappa shape index (κ1) is 10.1. The molecule has 74 valence electrons. The third kappa shape index (κ3) is 3.06. The Morgan fingerprint density at radius 1 is 1.77 bits per heavy atom. The summed E-state index contributed by atoms with van der Waals surface area (Å²) in [5.74, 6) is -0.417. The van der Waals surface area contributed by atoms with Gasteiger partial charge in [0.15, 0.2) is 0 Å². The molecule has 1 aliphatic rings. The Morgan fingerprint density at radius 3 is 3.00 bits per heavy atom. The molecule has 0 saturated heterocycles. The summed E-state index contributed by atoms with van der Waals surface area (Å²) in [7, 11) is 0. The van der Waals surface area contributed by atoms with Crippen molar-refractivity contribution < 1.29 is 15.0 Å². The second kappa shape index (κ2) is 4.28. The van der Waals surface area contributed by atoms with Gasteiger partial charge in [0, 0.05) is 12.5 Å². The van der Waals surface area contributed by atoms with Gasteiger partial charge in [-0.2, -0.15) is 0 Å². The van der Waals surface area contributed by atoms with Crippen molar-refractivity contribution in [2.24, 2.45) is 0 Å². The number of hydrogen-bond donors (Lipinski definition) is 3. The Bertz CT molecular complexity index is 225. The van der Waals surface area contributed by atoms with E-state index >= 15 is 0 Å². The van der Waals surface area contributed by atoms with Crippen LogP contribution < -0.4 is 5.32 Å². The van der Waals surface area contributed by atoms with Crippen molar-refractivity contribution in [2.45, 2.75) is 38.3 Å². The average molecular weight is 185 g/mol. The highest BCUT2D eigenvalue weighted by Gasteiger charge is 2.19. The molecule has 1 heterocycles. The topological polar surface area (TPSA) is 69.6 Å². The van der Waals surface area contributed by atoms with Crippen LogP contribution in [-0.4, -0.2) is 28.3 Å². The lowest BCUT2D eigenvalue weighted by molar-refractivity contribution is -0.137. The molecule has 0 amide bonds. The first-order valence-corrected chi connectivity index (χ1v) is 4.46. The van der Waals surface area contributed by atoms with Gasteiger partial charge in [-0.05, 0) is 25.8 Å². The van der Waals surface area contributed by atoms with Gasteiger partial charge in [0.1, 0.15) is 5.76 Å². The lowest BCUT2D eigenvalue weighted by Crippen LogP contribution is -2.40. The largest absolute Gasteiger partial charge is 0.511 e. The van der Waals surface area contributed by atoms with Crippen molar-refractivity contribution in [3.8, 4) is 0 Å². The number of carboxylic acid groups (broad SMARTS) is 1. The van der Waals surface area contributed by atoms with Gasteiger partial charge in [-0.15, -0.1) is 0 Å². The molecule has 2 atom stereocenters. The number of rotatable bonds is 3. The van der Waals surface area contributed by atoms with E-state index in [9.17, 15) is 9.90 Å². The Balaban J connectivity index is 2.35. The van der Waals surface area contributed by atoms with Crippen molar-refractivity contribution in [1.82, 2.24) is 5.32 Å². The second-order valence-electron chi connectivity index (χ2n) is 3.38. The van der Waals surface area contributed by atoms with Gasteiger partial charge in [-0.1, -0.05) is 0 Å². The highest BCUT2D eigenvalue weighted by molar-refractivity contribution is 5.66. The molecular weight excluding hydrogens is 170 g/mol. The van der Waals surface area contributed by atoms with Crippen LogP contribution in [0.2, 0.25) is 0 Å². The van der Waals surface area contributed by atoms with Crippen LogP contribution in [0.15, 0.2) is 11.8 Å². The van der Waals surface area contributed by atoms with Gasteiger partial charge in [0.25, 0.3) is 0 Å². The molecule has 3 N–H and O–H groups in total. The maximum absolute atomic E-state index is 10.3. The van der Waals surface area contributed by atoms with E-state index < -0.39 is 5.97 Å². The molecule has 0 spiro atoms. The van der Waals surface area contributed by atoms with Crippen molar-refractivity contribution in [3.63, 3.8) is 0 Å². The van der Waals surface area contributed by atoms with E-state index in [1.807, 2.05) is 6.92 Å². The fourth-order valence-corrected chi connectivity index (χ4v) is 1.45. The SMILES string of the molecule is CC1NC(CCC(=O)O)CC=C1O. The summed E-state index contributed by atoms with van der Waals surface area (Å²) in [6, 6.07) is 0.134. The molecule has 0 aliphatic carbocycles. The minimum atomic E-state index is -0.770. The highest BCUT2D eigenvalue weighted by atomic mass is 16.4. The van der Waals surface area contributed by atoms with Crippen LogP contribution >= 0.6 is 0 Å². The quantitative estimate of drug-likeness (QED) is 0.614. The van der Waals surface area contributed by atoms with E-state index in [1.54, 1.807) is 6.08 Å². The zero-order chi connectivity index (χ0) is 9.84. The van der Waals surface area contributed by atoms with Crippen LogP contribution in [0.4, 0.5) is 0 Å². The van der Waals surface area contributed by atoms with Crippen LogP contribution in [0.25, 0.3) is 0 Å². The molecule has 2 unspecified atom stereocenters. The Morgan fingerprint density at radius 2 is 2.46 bits per heavy atom. The number of carboxylic acids is 1. The first-order chi connectivity index (χ1) is 6.09. The number of carbonyl (C=O) groups is 1. The van der Waals surface area contributed by atoms with Crippen LogP contribution in [-0.2, 0) is 4.79 Å². The number of hydrogen-bond acceptors (Lipinski definition) is 3. The van der Waals surface area contributed by atoms with E-state index in [0.29, 0.717) is 18.6 Å². The Labute approximate surface area is 77.3 Å². The van der Waals surface area contributed by atoms with Crippen molar-refractivity contribution >= 4 is 5.97 Å². The van der Waals surface area contributed by atoms with Crippen molar-refractivity contribution in [1.29, 1.82) is 0 Å². The fourth-order valence-electron chi connectivity index (χ4n) is 1.45. The summed E-state index contributed by atoms with van der Waals surface area (Å²) in [4.78, 5) is 10.3. The van der Waals surface area contributed by atoms with E-state index in [1.165, 1.54) is 0 Å². The molecule has 0 bridgehead atoms. The normalized spacial score (nSPS) is 28.2. The van der Waals surface area contributed by atoms with E-state index in [4.69, 9.17) is 5.11 Å². The van der Waals surface area contributed by atoms with E-state index in [-0.39, 0.29) is 18.5 Å². The van der Waals surface area contributed by atoms with Gasteiger partial charge in [0.2, 0.25) is 0 Å². The second-order valence-corrected chi connectivity index (χ2v) is 3.38. The number of aliphatic hydroxyl groups is 1. The molecule has 0 aromatic rings. The molecular formula is C9H15NO3. The summed E-state index contributed by atoms with van der Waals surface area (Å²) in [6.07, 6.45) is 3.26. The molecule has 0 saturated carbocycles. The lowest BCUT2D eigenvalue weighted by Gasteiger charge is -2.26. The predicted octanol–water partition coefficient (Wildman–Crippen LogP) is 1.04. The molecule has 13 heavy (non-hydrogen) atoms. The Kier molecular flexibility index (Phi) is 3.31. The number of nitrogens with one attached hydrogen (secondary N) is 1. The average Bonchev–Trinajstić information content (AvgIpc) is 2.07. The summed E-state index contributed by atoms with van der Waals surface area (Å²) in [6.45, 7) is 1.86. The van der Waals surface area contributed by atoms with E-state index in [0.717, 1.165) is 0 Å². The summed E-state index contributed by atoms with van der Waals surface area (Å²) >= 11 is 0. The van der Waals surface area contributed by atoms with Gasteiger partial charge in [-0.3, -0.25) is 4.79 Å². The van der Waals surface area contributed by atoms with E-state index in [2.05, 4.69) is 5.32 Å². The smallest absolute Gasteiger partial charge is 0.303 e. The van der Waals surface area contributed by atoms with Crippen LogP contribution in [0.5, 0.6) is 0 Å². The monoisotopic (exact) mass is 185 g/mol. The first-order valence-electron chi connectivity index (χ1n) is 4.46. The zero-order valence-electron chi connectivity index (χ0n) is 7.66. The van der Waals surface area contributed by atoms with Crippen LogP contribution in [0.1, 0.15) is 26.2 Å². The van der Waals surface area contributed by atoms with Gasteiger partial charge < -0.3 is 15.5 Å². The molecule has 0 aromatic carbocycles. The number of aliphatic hydroxyl groups excluding tert-OH is 1. The molecule has 0 aromatic heterocycles. The Hall–Kier alpha value is -1.03. The third-order valence-corrected chi connectivity index (χ3v) is 2.25. The molecule has 1 aliphatic heterocycles. The molecule has 4 nitrogen and oxygen atoms in total. The van der Waals surface area contributed by atoms with Crippen molar-refractivity contribution in [3.05, 3.63) is 11.8 Å². The number of aliphatic carboxylic acids is 1. The lowest BCUT2D eigenvalue weighted by atomic mass is 10.0. The fraction of sp³-hybridized carbons (Fsp3) is 0.667. The highest BCUT2D eigenvalue weighted by Crippen LogP contribution is 2.13. The van der Waals surface area contributed by atoms with Gasteiger partial charge in [-0.25, -0.2) is 0 Å². The molecule has 0 fully saturated rings. The minimum absolute atomic E-state index is 0.0486. The zero-order valence-corrected chi connectivity index (χ0v) is 7.66.